The van der Waals surface area contributed by atoms with Crippen LogP contribution in [0.3, 0.4) is 0 Å². The highest BCUT2D eigenvalue weighted by Crippen LogP contribution is 2.12. The van der Waals surface area contributed by atoms with Crippen molar-refractivity contribution in [2.75, 3.05) is 0 Å². The molecule has 0 saturated carbocycles. The average molecular weight is 294 g/mol. The van der Waals surface area contributed by atoms with E-state index in [4.69, 9.17) is 0 Å². The summed E-state index contributed by atoms with van der Waals surface area (Å²) in [4.78, 5) is 19.2. The number of nitrogens with one attached hydrogen (secondary N) is 2. The Balaban J connectivity index is 1.62. The zero-order valence-corrected chi connectivity index (χ0v) is 11.7. The maximum Gasteiger partial charge on any atom is 0.247 e. The standard InChI is InChI=1S/C16H14N4O2/c21-14-8-4-1-5-11(14)10-17-20-16(22)9-15-18-12-6-2-3-7-13(12)19-15/h1-8,10,21H,9H2,(H,18,19)(H,20,22)/b17-10-. The molecule has 2 aromatic carbocycles. The first kappa shape index (κ1) is 13.8. The summed E-state index contributed by atoms with van der Waals surface area (Å²) in [5.41, 5.74) is 4.66. The predicted molar refractivity (Wildman–Crippen MR) is 83.6 cm³/mol. The second-order valence-electron chi connectivity index (χ2n) is 4.73. The molecule has 3 N–H and O–H groups in total. The molecule has 0 saturated heterocycles. The van der Waals surface area contributed by atoms with Crippen molar-refractivity contribution in [1.82, 2.24) is 15.4 Å². The van der Waals surface area contributed by atoms with E-state index in [1.165, 1.54) is 6.21 Å². The van der Waals surface area contributed by atoms with Crippen LogP contribution < -0.4 is 5.43 Å². The molecule has 6 heteroatoms. The average Bonchev–Trinajstić information content (AvgIpc) is 2.91. The Morgan fingerprint density at radius 2 is 2.00 bits per heavy atom. The third-order valence-corrected chi connectivity index (χ3v) is 3.10. The van der Waals surface area contributed by atoms with Gasteiger partial charge in [-0.15, -0.1) is 0 Å². The molecule has 0 spiro atoms. The molecule has 0 aliphatic heterocycles. The van der Waals surface area contributed by atoms with E-state index < -0.39 is 0 Å². The number of hydrogen-bond donors (Lipinski definition) is 3. The van der Waals surface area contributed by atoms with Crippen molar-refractivity contribution in [3.63, 3.8) is 0 Å². The zero-order chi connectivity index (χ0) is 15.4. The van der Waals surface area contributed by atoms with Crippen LogP contribution in [0.25, 0.3) is 11.0 Å². The molecule has 0 atom stereocenters. The smallest absolute Gasteiger partial charge is 0.247 e. The highest BCUT2D eigenvalue weighted by molar-refractivity contribution is 5.85. The van der Waals surface area contributed by atoms with Crippen LogP contribution in [-0.2, 0) is 11.2 Å². The molecule has 0 unspecified atom stereocenters. The summed E-state index contributed by atoms with van der Waals surface area (Å²) in [5, 5.41) is 13.4. The van der Waals surface area contributed by atoms with Gasteiger partial charge in [0.1, 0.15) is 11.6 Å². The van der Waals surface area contributed by atoms with Crippen molar-refractivity contribution >= 4 is 23.2 Å². The van der Waals surface area contributed by atoms with Crippen LogP contribution in [0, 0.1) is 0 Å². The van der Waals surface area contributed by atoms with Crippen LogP contribution in [0.4, 0.5) is 0 Å². The number of nitrogens with zero attached hydrogens (tertiary/aromatic N) is 2. The molecule has 22 heavy (non-hydrogen) atoms. The Bertz CT molecular complexity index is 806. The number of hydrazone groups is 1. The van der Waals surface area contributed by atoms with Crippen molar-refractivity contribution in [2.24, 2.45) is 5.10 Å². The van der Waals surface area contributed by atoms with Gasteiger partial charge < -0.3 is 10.1 Å². The van der Waals surface area contributed by atoms with Gasteiger partial charge in [0.05, 0.1) is 23.7 Å². The number of aromatic hydroxyl groups is 1. The van der Waals surface area contributed by atoms with Gasteiger partial charge in [0.15, 0.2) is 0 Å². The van der Waals surface area contributed by atoms with Gasteiger partial charge in [-0.05, 0) is 24.3 Å². The zero-order valence-electron chi connectivity index (χ0n) is 11.7. The Labute approximate surface area is 126 Å². The Kier molecular flexibility index (Phi) is 3.82. The Morgan fingerprint density at radius 1 is 1.23 bits per heavy atom. The number of benzene rings is 2. The fraction of sp³-hybridized carbons (Fsp3) is 0.0625. The fourth-order valence-corrected chi connectivity index (χ4v) is 2.05. The van der Waals surface area contributed by atoms with Gasteiger partial charge in [0, 0.05) is 5.56 Å². The molecule has 3 rings (SSSR count). The highest BCUT2D eigenvalue weighted by Gasteiger charge is 2.07. The number of carbonyl (C=O) groups excluding carboxylic acids is 1. The van der Waals surface area contributed by atoms with Crippen LogP contribution in [-0.4, -0.2) is 27.2 Å². The molecule has 0 radical (unpaired) electrons. The lowest BCUT2D eigenvalue weighted by Crippen LogP contribution is -2.20. The summed E-state index contributed by atoms with van der Waals surface area (Å²) < 4.78 is 0. The number of rotatable bonds is 4. The summed E-state index contributed by atoms with van der Waals surface area (Å²) in [7, 11) is 0. The number of phenols is 1. The van der Waals surface area contributed by atoms with Crippen molar-refractivity contribution in [2.45, 2.75) is 6.42 Å². The minimum absolute atomic E-state index is 0.104. The van der Waals surface area contributed by atoms with Crippen molar-refractivity contribution in [1.29, 1.82) is 0 Å². The van der Waals surface area contributed by atoms with E-state index in [1.807, 2.05) is 24.3 Å². The second kappa shape index (κ2) is 6.09. The van der Waals surface area contributed by atoms with Gasteiger partial charge in [-0.25, -0.2) is 10.4 Å². The molecule has 6 nitrogen and oxygen atoms in total. The first-order chi connectivity index (χ1) is 10.7. The van der Waals surface area contributed by atoms with Gasteiger partial charge in [0.25, 0.3) is 0 Å². The Morgan fingerprint density at radius 3 is 2.82 bits per heavy atom. The number of hydrogen-bond acceptors (Lipinski definition) is 4. The summed E-state index contributed by atoms with van der Waals surface area (Å²) in [6.07, 6.45) is 1.50. The van der Waals surface area contributed by atoms with Crippen molar-refractivity contribution in [3.05, 3.63) is 59.9 Å². The molecular weight excluding hydrogens is 280 g/mol. The van der Waals surface area contributed by atoms with E-state index in [2.05, 4.69) is 20.5 Å². The van der Waals surface area contributed by atoms with Gasteiger partial charge >= 0.3 is 0 Å². The SMILES string of the molecule is O=C(Cc1nc2ccccc2[nH]1)N/N=C\c1ccccc1O. The number of H-pyrrole nitrogens is 1. The summed E-state index contributed by atoms with van der Waals surface area (Å²) >= 11 is 0. The summed E-state index contributed by atoms with van der Waals surface area (Å²) in [5.74, 6) is 0.403. The largest absolute Gasteiger partial charge is 0.507 e. The predicted octanol–water partition coefficient (Wildman–Crippen LogP) is 1.96. The number of fused-ring (bicyclic) bond motifs is 1. The van der Waals surface area contributed by atoms with Gasteiger partial charge in [-0.2, -0.15) is 5.10 Å². The molecular formula is C16H14N4O2. The molecule has 0 aliphatic rings. The minimum Gasteiger partial charge on any atom is -0.507 e. The lowest BCUT2D eigenvalue weighted by Gasteiger charge is -1.98. The quantitative estimate of drug-likeness (QED) is 0.507. The van der Waals surface area contributed by atoms with Crippen LogP contribution in [0.15, 0.2) is 53.6 Å². The molecule has 1 heterocycles. The van der Waals surface area contributed by atoms with E-state index in [-0.39, 0.29) is 18.1 Å². The van der Waals surface area contributed by atoms with E-state index in [0.29, 0.717) is 11.4 Å². The molecule has 3 aromatic rings. The lowest BCUT2D eigenvalue weighted by molar-refractivity contribution is -0.120. The molecule has 0 fully saturated rings. The second-order valence-corrected chi connectivity index (χ2v) is 4.73. The third-order valence-electron chi connectivity index (χ3n) is 3.10. The molecule has 0 bridgehead atoms. The van der Waals surface area contributed by atoms with Gasteiger partial charge in [-0.3, -0.25) is 4.79 Å². The number of amides is 1. The maximum absolute atomic E-state index is 11.8. The fourth-order valence-electron chi connectivity index (χ4n) is 2.05. The number of imidazole rings is 1. The third kappa shape index (κ3) is 3.12. The van der Waals surface area contributed by atoms with Crippen molar-refractivity contribution in [3.8, 4) is 5.75 Å². The monoisotopic (exact) mass is 294 g/mol. The molecule has 0 aliphatic carbocycles. The number of para-hydroxylation sites is 3. The lowest BCUT2D eigenvalue weighted by atomic mass is 10.2. The number of aromatic amines is 1. The highest BCUT2D eigenvalue weighted by atomic mass is 16.3. The molecule has 110 valence electrons. The topological polar surface area (TPSA) is 90.4 Å². The summed E-state index contributed by atoms with van der Waals surface area (Å²) in [6, 6.07) is 14.3. The number of phenolic OH excluding ortho intramolecular Hbond substituents is 1. The first-order valence-electron chi connectivity index (χ1n) is 6.76. The number of carbonyl (C=O) groups is 1. The minimum atomic E-state index is -0.286. The van der Waals surface area contributed by atoms with Gasteiger partial charge in [-0.1, -0.05) is 24.3 Å². The van der Waals surface area contributed by atoms with Gasteiger partial charge in [0.2, 0.25) is 5.91 Å². The van der Waals surface area contributed by atoms with E-state index in [9.17, 15) is 9.90 Å². The van der Waals surface area contributed by atoms with Crippen molar-refractivity contribution < 1.29 is 9.90 Å². The number of aromatic nitrogens is 2. The normalized spacial score (nSPS) is 11.1. The van der Waals surface area contributed by atoms with Crippen LogP contribution in [0.2, 0.25) is 0 Å². The maximum atomic E-state index is 11.8. The van der Waals surface area contributed by atoms with E-state index in [0.717, 1.165) is 11.0 Å². The first-order valence-corrected chi connectivity index (χ1v) is 6.76. The van der Waals surface area contributed by atoms with Crippen LogP contribution >= 0.6 is 0 Å². The Hall–Kier alpha value is -3.15. The van der Waals surface area contributed by atoms with Crippen LogP contribution in [0.1, 0.15) is 11.4 Å². The molecule has 1 aromatic heterocycles. The van der Waals surface area contributed by atoms with E-state index in [1.54, 1.807) is 24.3 Å². The van der Waals surface area contributed by atoms with E-state index >= 15 is 0 Å². The molecule has 1 amide bonds. The summed E-state index contributed by atoms with van der Waals surface area (Å²) in [6.45, 7) is 0. The van der Waals surface area contributed by atoms with Crippen LogP contribution in [0.5, 0.6) is 5.75 Å².